The molecule has 2 saturated heterocycles. The molecule has 0 saturated carbocycles. The van der Waals surface area contributed by atoms with Gasteiger partial charge in [-0.3, -0.25) is 4.79 Å². The maximum absolute atomic E-state index is 12.0. The lowest BCUT2D eigenvalue weighted by Gasteiger charge is -2.29. The van der Waals surface area contributed by atoms with Gasteiger partial charge in [-0.15, -0.1) is 12.4 Å². The smallest absolute Gasteiger partial charge is 0.223 e. The van der Waals surface area contributed by atoms with E-state index in [1.807, 2.05) is 16.8 Å². The molecule has 0 bridgehead atoms. The number of nitrogens with one attached hydrogen (secondary N) is 1. The molecule has 0 radical (unpaired) electrons. The molecule has 1 amide bonds. The number of hydrogen-bond donors (Lipinski definition) is 1. The largest absolute Gasteiger partial charge is 0.340 e. The average Bonchev–Trinajstić information content (AvgIpc) is 2.77. The second-order valence-corrected chi connectivity index (χ2v) is 7.65. The molecule has 20 heavy (non-hydrogen) atoms. The van der Waals surface area contributed by atoms with Crippen molar-refractivity contribution in [3.63, 3.8) is 0 Å². The highest BCUT2D eigenvalue weighted by Crippen LogP contribution is 2.16. The first-order valence-corrected chi connectivity index (χ1v) is 8.69. The number of nitrogens with zero attached hydrogens (tertiary/aromatic N) is 2. The Morgan fingerprint density at radius 2 is 2.00 bits per heavy atom. The molecule has 6 nitrogen and oxygen atoms in total. The molecule has 1 unspecified atom stereocenters. The topological polar surface area (TPSA) is 69.7 Å². The summed E-state index contributed by atoms with van der Waals surface area (Å²) in [5.74, 6) is 0.702. The Morgan fingerprint density at radius 3 is 2.55 bits per heavy atom. The van der Waals surface area contributed by atoms with E-state index in [4.69, 9.17) is 0 Å². The molecule has 0 spiro atoms. The van der Waals surface area contributed by atoms with E-state index in [0.29, 0.717) is 19.4 Å². The lowest BCUT2D eigenvalue weighted by Crippen LogP contribution is -2.47. The highest BCUT2D eigenvalue weighted by Gasteiger charge is 2.30. The van der Waals surface area contributed by atoms with Gasteiger partial charge in [0.15, 0.2) is 9.84 Å². The van der Waals surface area contributed by atoms with Crippen molar-refractivity contribution in [2.75, 3.05) is 51.3 Å². The van der Waals surface area contributed by atoms with E-state index in [0.717, 1.165) is 26.2 Å². The summed E-state index contributed by atoms with van der Waals surface area (Å²) < 4.78 is 22.8. The van der Waals surface area contributed by atoms with Crippen molar-refractivity contribution in [3.05, 3.63) is 0 Å². The fourth-order valence-corrected chi connectivity index (χ4v) is 4.46. The standard InChI is InChI=1S/C12H23N3O3S.ClH/c1-14(11-3-9-19(17,18)10-11)6-2-12(16)15-7-4-13-5-8-15;/h11,13H,2-10H2,1H3;1H. The van der Waals surface area contributed by atoms with E-state index >= 15 is 0 Å². The summed E-state index contributed by atoms with van der Waals surface area (Å²) in [4.78, 5) is 15.9. The first-order valence-electron chi connectivity index (χ1n) is 6.87. The van der Waals surface area contributed by atoms with Gasteiger partial charge in [0.1, 0.15) is 0 Å². The lowest BCUT2D eigenvalue weighted by atomic mass is 10.2. The molecular formula is C12H24ClN3O3S. The number of halogens is 1. The molecule has 0 aromatic carbocycles. The number of carbonyl (C=O) groups excluding carboxylic acids is 1. The van der Waals surface area contributed by atoms with Crippen LogP contribution in [0.3, 0.4) is 0 Å². The Hall–Kier alpha value is -0.370. The summed E-state index contributed by atoms with van der Waals surface area (Å²) in [7, 11) is -0.932. The van der Waals surface area contributed by atoms with Gasteiger partial charge in [-0.1, -0.05) is 0 Å². The van der Waals surface area contributed by atoms with Gasteiger partial charge >= 0.3 is 0 Å². The SMILES string of the molecule is CN(CCC(=O)N1CCNCC1)C1CCS(=O)(=O)C1.Cl. The Bertz CT molecular complexity index is 424. The minimum absolute atomic E-state index is 0. The van der Waals surface area contributed by atoms with Crippen LogP contribution in [0.2, 0.25) is 0 Å². The number of rotatable bonds is 4. The third-order valence-corrected chi connectivity index (χ3v) is 5.73. The van der Waals surface area contributed by atoms with Crippen molar-refractivity contribution in [2.24, 2.45) is 0 Å². The molecule has 118 valence electrons. The molecular weight excluding hydrogens is 302 g/mol. The summed E-state index contributed by atoms with van der Waals surface area (Å²) in [5, 5.41) is 3.22. The fourth-order valence-electron chi connectivity index (χ4n) is 2.65. The summed E-state index contributed by atoms with van der Waals surface area (Å²) in [6.07, 6.45) is 1.17. The lowest BCUT2D eigenvalue weighted by molar-refractivity contribution is -0.132. The Kier molecular flexibility index (Phi) is 6.71. The highest BCUT2D eigenvalue weighted by molar-refractivity contribution is 7.91. The molecule has 2 rings (SSSR count). The zero-order chi connectivity index (χ0) is 13.9. The van der Waals surface area contributed by atoms with Crippen molar-refractivity contribution in [1.82, 2.24) is 15.1 Å². The average molecular weight is 326 g/mol. The number of sulfone groups is 1. The predicted octanol–water partition coefficient (Wildman–Crippen LogP) is -0.651. The maximum atomic E-state index is 12.0. The summed E-state index contributed by atoms with van der Waals surface area (Å²) in [5.41, 5.74) is 0. The van der Waals surface area contributed by atoms with Gasteiger partial charge in [0, 0.05) is 45.2 Å². The molecule has 0 aromatic heterocycles. The molecule has 8 heteroatoms. The second-order valence-electron chi connectivity index (χ2n) is 5.42. The van der Waals surface area contributed by atoms with Crippen LogP contribution in [0.25, 0.3) is 0 Å². The van der Waals surface area contributed by atoms with Crippen LogP contribution >= 0.6 is 12.4 Å². The zero-order valence-corrected chi connectivity index (χ0v) is 13.5. The molecule has 2 aliphatic heterocycles. The van der Waals surface area contributed by atoms with Gasteiger partial charge in [0.25, 0.3) is 0 Å². The van der Waals surface area contributed by atoms with E-state index in [1.165, 1.54) is 0 Å². The van der Waals surface area contributed by atoms with E-state index in [1.54, 1.807) is 0 Å². The minimum atomic E-state index is -2.84. The van der Waals surface area contributed by atoms with E-state index in [9.17, 15) is 13.2 Å². The van der Waals surface area contributed by atoms with Crippen molar-refractivity contribution >= 4 is 28.2 Å². The summed E-state index contributed by atoms with van der Waals surface area (Å²) in [6.45, 7) is 3.93. The maximum Gasteiger partial charge on any atom is 0.223 e. The predicted molar refractivity (Wildman–Crippen MR) is 81.0 cm³/mol. The normalized spacial score (nSPS) is 25.5. The Balaban J connectivity index is 0.00000200. The summed E-state index contributed by atoms with van der Waals surface area (Å²) in [6, 6.07) is 0.0841. The Morgan fingerprint density at radius 1 is 1.35 bits per heavy atom. The van der Waals surface area contributed by atoms with Crippen molar-refractivity contribution in [3.8, 4) is 0 Å². The van der Waals surface area contributed by atoms with Crippen LogP contribution in [-0.4, -0.2) is 81.4 Å². The molecule has 0 aliphatic carbocycles. The van der Waals surface area contributed by atoms with Crippen LogP contribution in [-0.2, 0) is 14.6 Å². The second kappa shape index (κ2) is 7.59. The summed E-state index contributed by atoms with van der Waals surface area (Å²) >= 11 is 0. The third-order valence-electron chi connectivity index (χ3n) is 3.98. The quantitative estimate of drug-likeness (QED) is 0.744. The first-order chi connectivity index (χ1) is 8.98. The number of carbonyl (C=O) groups is 1. The molecule has 2 heterocycles. The number of piperazine rings is 1. The van der Waals surface area contributed by atoms with Crippen LogP contribution in [0.15, 0.2) is 0 Å². The Labute approximate surface area is 127 Å². The van der Waals surface area contributed by atoms with E-state index < -0.39 is 9.84 Å². The van der Waals surface area contributed by atoms with Crippen molar-refractivity contribution in [1.29, 1.82) is 0 Å². The van der Waals surface area contributed by atoms with Crippen molar-refractivity contribution in [2.45, 2.75) is 18.9 Å². The highest BCUT2D eigenvalue weighted by atomic mass is 35.5. The molecule has 2 aliphatic rings. The van der Waals surface area contributed by atoms with E-state index in [-0.39, 0.29) is 35.9 Å². The van der Waals surface area contributed by atoms with Crippen LogP contribution < -0.4 is 5.32 Å². The van der Waals surface area contributed by atoms with Gasteiger partial charge in [-0.25, -0.2) is 8.42 Å². The molecule has 1 atom stereocenters. The van der Waals surface area contributed by atoms with Gasteiger partial charge in [-0.05, 0) is 13.5 Å². The van der Waals surface area contributed by atoms with Gasteiger partial charge in [-0.2, -0.15) is 0 Å². The van der Waals surface area contributed by atoms with Gasteiger partial charge in [0.05, 0.1) is 11.5 Å². The van der Waals surface area contributed by atoms with Crippen LogP contribution in [0.4, 0.5) is 0 Å². The van der Waals surface area contributed by atoms with Gasteiger partial charge in [0.2, 0.25) is 5.91 Å². The number of amides is 1. The molecule has 2 fully saturated rings. The number of hydrogen-bond acceptors (Lipinski definition) is 5. The third kappa shape index (κ3) is 4.87. The van der Waals surface area contributed by atoms with Crippen LogP contribution in [0.1, 0.15) is 12.8 Å². The van der Waals surface area contributed by atoms with Crippen LogP contribution in [0, 0.1) is 0 Å². The van der Waals surface area contributed by atoms with Crippen molar-refractivity contribution < 1.29 is 13.2 Å². The minimum Gasteiger partial charge on any atom is -0.340 e. The monoisotopic (exact) mass is 325 g/mol. The van der Waals surface area contributed by atoms with E-state index in [2.05, 4.69) is 5.32 Å². The molecule has 1 N–H and O–H groups in total. The fraction of sp³-hybridized carbons (Fsp3) is 0.917. The first kappa shape index (κ1) is 17.7. The van der Waals surface area contributed by atoms with Gasteiger partial charge < -0.3 is 15.1 Å². The zero-order valence-electron chi connectivity index (χ0n) is 11.9. The van der Waals surface area contributed by atoms with Crippen LogP contribution in [0.5, 0.6) is 0 Å². The molecule has 0 aromatic rings.